The van der Waals surface area contributed by atoms with E-state index in [1.165, 1.54) is 32.1 Å². The summed E-state index contributed by atoms with van der Waals surface area (Å²) < 4.78 is 27.3. The quantitative estimate of drug-likeness (QED) is 0.857. The third kappa shape index (κ3) is 3.68. The van der Waals surface area contributed by atoms with Crippen molar-refractivity contribution >= 4 is 11.7 Å². The van der Waals surface area contributed by atoms with Crippen LogP contribution in [0.5, 0.6) is 0 Å². The van der Waals surface area contributed by atoms with E-state index in [1.54, 1.807) is 0 Å². The summed E-state index contributed by atoms with van der Waals surface area (Å²) in [7, 11) is 0. The molecular weight excluding hydrogens is 264 g/mol. The third-order valence-electron chi connectivity index (χ3n) is 3.87. The molecule has 1 aromatic rings. The molecule has 0 aromatic heterocycles. The van der Waals surface area contributed by atoms with Crippen molar-refractivity contribution in [1.29, 1.82) is 0 Å². The van der Waals surface area contributed by atoms with E-state index in [1.807, 2.05) is 0 Å². The standard InChI is InChI=1S/C15H19F2NO2/c16-12-8-11(15(19)20)9-13(17)14(12)18-7-6-10-4-2-1-3-5-10/h8-10,18H,1-7H2,(H,19,20). The van der Waals surface area contributed by atoms with Gasteiger partial charge in [0.15, 0.2) is 0 Å². The number of hydrogen-bond donors (Lipinski definition) is 2. The normalized spacial score (nSPS) is 16.1. The molecule has 1 saturated carbocycles. The maximum Gasteiger partial charge on any atom is 0.335 e. The number of aromatic carboxylic acids is 1. The molecule has 1 fully saturated rings. The highest BCUT2D eigenvalue weighted by Gasteiger charge is 2.16. The largest absolute Gasteiger partial charge is 0.478 e. The van der Waals surface area contributed by atoms with Gasteiger partial charge in [-0.2, -0.15) is 0 Å². The van der Waals surface area contributed by atoms with Crippen LogP contribution in [0.1, 0.15) is 48.9 Å². The van der Waals surface area contributed by atoms with E-state index >= 15 is 0 Å². The van der Waals surface area contributed by atoms with Crippen molar-refractivity contribution < 1.29 is 18.7 Å². The molecule has 0 spiro atoms. The van der Waals surface area contributed by atoms with Crippen molar-refractivity contribution in [3.05, 3.63) is 29.3 Å². The lowest BCUT2D eigenvalue weighted by Crippen LogP contribution is -2.14. The number of carboxylic acid groups (broad SMARTS) is 1. The zero-order valence-corrected chi connectivity index (χ0v) is 11.3. The van der Waals surface area contributed by atoms with Crippen molar-refractivity contribution in [3.63, 3.8) is 0 Å². The maximum absolute atomic E-state index is 13.7. The first-order valence-electron chi connectivity index (χ1n) is 7.04. The van der Waals surface area contributed by atoms with Gasteiger partial charge in [0.05, 0.1) is 5.56 Å². The molecule has 0 saturated heterocycles. The minimum atomic E-state index is -1.34. The van der Waals surface area contributed by atoms with Crippen molar-refractivity contribution in [2.75, 3.05) is 11.9 Å². The van der Waals surface area contributed by atoms with E-state index in [0.717, 1.165) is 18.6 Å². The monoisotopic (exact) mass is 283 g/mol. The van der Waals surface area contributed by atoms with Crippen LogP contribution in [0.15, 0.2) is 12.1 Å². The Bertz CT molecular complexity index is 462. The van der Waals surface area contributed by atoms with E-state index in [2.05, 4.69) is 5.32 Å². The van der Waals surface area contributed by atoms with Crippen LogP contribution in [0.4, 0.5) is 14.5 Å². The minimum Gasteiger partial charge on any atom is -0.478 e. The Morgan fingerprint density at radius 1 is 1.20 bits per heavy atom. The summed E-state index contributed by atoms with van der Waals surface area (Å²) in [5.41, 5.74) is -0.608. The number of nitrogens with one attached hydrogen (secondary N) is 1. The fraction of sp³-hybridized carbons (Fsp3) is 0.533. The second kappa shape index (κ2) is 6.68. The molecule has 0 atom stereocenters. The average Bonchev–Trinajstić information content (AvgIpc) is 2.42. The van der Waals surface area contributed by atoms with Crippen LogP contribution in [0, 0.1) is 17.6 Å². The summed E-state index contributed by atoms with van der Waals surface area (Å²) in [4.78, 5) is 10.7. The van der Waals surface area contributed by atoms with Crippen LogP contribution in [0.2, 0.25) is 0 Å². The molecule has 5 heteroatoms. The summed E-state index contributed by atoms with van der Waals surface area (Å²) in [6.07, 6.45) is 7.01. The molecule has 0 unspecified atom stereocenters. The van der Waals surface area contributed by atoms with Crippen molar-refractivity contribution in [3.8, 4) is 0 Å². The predicted molar refractivity (Wildman–Crippen MR) is 73.0 cm³/mol. The second-order valence-corrected chi connectivity index (χ2v) is 5.34. The van der Waals surface area contributed by atoms with E-state index in [9.17, 15) is 13.6 Å². The Balaban J connectivity index is 1.93. The fourth-order valence-electron chi connectivity index (χ4n) is 2.74. The molecule has 1 aliphatic carbocycles. The molecule has 2 N–H and O–H groups in total. The Morgan fingerprint density at radius 3 is 2.35 bits per heavy atom. The summed E-state index contributed by atoms with van der Waals surface area (Å²) in [5, 5.41) is 11.5. The molecule has 0 heterocycles. The predicted octanol–water partition coefficient (Wildman–Crippen LogP) is 4.05. The van der Waals surface area contributed by atoms with Gasteiger partial charge in [-0.05, 0) is 24.5 Å². The molecule has 110 valence electrons. The summed E-state index contributed by atoms with van der Waals surface area (Å²) in [5.74, 6) is -2.42. The van der Waals surface area contributed by atoms with Gasteiger partial charge in [-0.25, -0.2) is 13.6 Å². The van der Waals surface area contributed by atoms with Crippen LogP contribution < -0.4 is 5.32 Å². The van der Waals surface area contributed by atoms with Crippen LogP contribution >= 0.6 is 0 Å². The van der Waals surface area contributed by atoms with Gasteiger partial charge in [-0.1, -0.05) is 32.1 Å². The molecular formula is C15H19F2NO2. The van der Waals surface area contributed by atoms with Crippen LogP contribution in [-0.2, 0) is 0 Å². The lowest BCUT2D eigenvalue weighted by Gasteiger charge is -2.21. The fourth-order valence-corrected chi connectivity index (χ4v) is 2.74. The zero-order valence-electron chi connectivity index (χ0n) is 11.3. The number of carbonyl (C=O) groups is 1. The van der Waals surface area contributed by atoms with E-state index in [0.29, 0.717) is 12.5 Å². The smallest absolute Gasteiger partial charge is 0.335 e. The Morgan fingerprint density at radius 2 is 1.80 bits per heavy atom. The Kier molecular flexibility index (Phi) is 4.93. The average molecular weight is 283 g/mol. The summed E-state index contributed by atoms with van der Waals surface area (Å²) >= 11 is 0. The SMILES string of the molecule is O=C(O)c1cc(F)c(NCCC2CCCCC2)c(F)c1. The molecule has 3 nitrogen and oxygen atoms in total. The molecule has 20 heavy (non-hydrogen) atoms. The van der Waals surface area contributed by atoms with Crippen molar-refractivity contribution in [1.82, 2.24) is 0 Å². The third-order valence-corrected chi connectivity index (χ3v) is 3.87. The lowest BCUT2D eigenvalue weighted by atomic mass is 9.87. The minimum absolute atomic E-state index is 0.231. The van der Waals surface area contributed by atoms with E-state index in [4.69, 9.17) is 5.11 Å². The van der Waals surface area contributed by atoms with Crippen molar-refractivity contribution in [2.45, 2.75) is 38.5 Å². The molecule has 0 aliphatic heterocycles. The van der Waals surface area contributed by atoms with Gasteiger partial charge in [-0.3, -0.25) is 0 Å². The first-order chi connectivity index (χ1) is 9.58. The number of anilines is 1. The first-order valence-corrected chi connectivity index (χ1v) is 7.04. The zero-order chi connectivity index (χ0) is 14.5. The number of halogens is 2. The van der Waals surface area contributed by atoms with Gasteiger partial charge in [0.1, 0.15) is 17.3 Å². The van der Waals surface area contributed by atoms with Crippen molar-refractivity contribution in [2.24, 2.45) is 5.92 Å². The molecule has 1 aliphatic rings. The highest BCUT2D eigenvalue weighted by Crippen LogP contribution is 2.27. The number of benzene rings is 1. The van der Waals surface area contributed by atoms with Gasteiger partial charge in [-0.15, -0.1) is 0 Å². The molecule has 0 bridgehead atoms. The van der Waals surface area contributed by atoms with Gasteiger partial charge >= 0.3 is 5.97 Å². The highest BCUT2D eigenvalue weighted by molar-refractivity contribution is 5.88. The number of hydrogen-bond acceptors (Lipinski definition) is 2. The Hall–Kier alpha value is -1.65. The number of carboxylic acids is 1. The molecule has 1 aromatic carbocycles. The first kappa shape index (κ1) is 14.8. The second-order valence-electron chi connectivity index (χ2n) is 5.34. The van der Waals surface area contributed by atoms with Gasteiger partial charge < -0.3 is 10.4 Å². The molecule has 2 rings (SSSR count). The molecule has 0 radical (unpaired) electrons. The summed E-state index contributed by atoms with van der Waals surface area (Å²) in [6, 6.07) is 1.68. The van der Waals surface area contributed by atoms with Crippen LogP contribution in [-0.4, -0.2) is 17.6 Å². The van der Waals surface area contributed by atoms with Crippen LogP contribution in [0.3, 0.4) is 0 Å². The van der Waals surface area contributed by atoms with E-state index < -0.39 is 17.6 Å². The van der Waals surface area contributed by atoms with E-state index in [-0.39, 0.29) is 11.3 Å². The summed E-state index contributed by atoms with van der Waals surface area (Å²) in [6.45, 7) is 0.505. The number of rotatable bonds is 5. The van der Waals surface area contributed by atoms with Crippen LogP contribution in [0.25, 0.3) is 0 Å². The lowest BCUT2D eigenvalue weighted by molar-refractivity contribution is 0.0696. The van der Waals surface area contributed by atoms with Gasteiger partial charge in [0.2, 0.25) is 0 Å². The topological polar surface area (TPSA) is 49.3 Å². The Labute approximate surface area is 117 Å². The molecule has 0 amide bonds. The van der Waals surface area contributed by atoms with Gasteiger partial charge in [0, 0.05) is 6.54 Å². The maximum atomic E-state index is 13.7. The van der Waals surface area contributed by atoms with Gasteiger partial charge in [0.25, 0.3) is 0 Å². The highest BCUT2D eigenvalue weighted by atomic mass is 19.1.